The number of carbonyl (C=O) groups excluding carboxylic acids is 2. The fraction of sp³-hybridized carbons (Fsp3) is 0.500. The van der Waals surface area contributed by atoms with Gasteiger partial charge >= 0.3 is 0 Å². The number of amides is 2. The SMILES string of the molecule is CCCCN1CCN(C(=O)CN2N=C(c3nc(-c4ccccc4)no3)CCC2=O)CC1. The van der Waals surface area contributed by atoms with Crippen molar-refractivity contribution in [1.29, 1.82) is 0 Å². The molecule has 0 atom stereocenters. The molecule has 31 heavy (non-hydrogen) atoms. The van der Waals surface area contributed by atoms with Crippen LogP contribution in [0.5, 0.6) is 0 Å². The Bertz CT molecular complexity index is 934. The van der Waals surface area contributed by atoms with E-state index in [4.69, 9.17) is 4.52 Å². The van der Waals surface area contributed by atoms with Gasteiger partial charge in [0.05, 0.1) is 0 Å². The zero-order valence-electron chi connectivity index (χ0n) is 17.9. The summed E-state index contributed by atoms with van der Waals surface area (Å²) in [7, 11) is 0. The van der Waals surface area contributed by atoms with E-state index in [1.807, 2.05) is 35.2 Å². The average molecular weight is 425 g/mol. The highest BCUT2D eigenvalue weighted by Gasteiger charge is 2.29. The van der Waals surface area contributed by atoms with Gasteiger partial charge in [0, 0.05) is 44.6 Å². The largest absolute Gasteiger partial charge is 0.339 e. The molecule has 0 unspecified atom stereocenters. The molecule has 0 saturated carbocycles. The van der Waals surface area contributed by atoms with Gasteiger partial charge < -0.3 is 9.42 Å². The molecule has 1 fully saturated rings. The van der Waals surface area contributed by atoms with Crippen LogP contribution in [0.15, 0.2) is 40.0 Å². The maximum absolute atomic E-state index is 12.8. The molecule has 0 bridgehead atoms. The van der Waals surface area contributed by atoms with Gasteiger partial charge in [-0.25, -0.2) is 5.01 Å². The molecule has 2 aliphatic heterocycles. The molecule has 2 aromatic rings. The number of piperazine rings is 1. The Morgan fingerprint density at radius 3 is 2.61 bits per heavy atom. The number of rotatable bonds is 7. The third-order valence-corrected chi connectivity index (χ3v) is 5.65. The molecule has 0 radical (unpaired) electrons. The van der Waals surface area contributed by atoms with E-state index in [2.05, 4.69) is 27.1 Å². The van der Waals surface area contributed by atoms with Crippen LogP contribution >= 0.6 is 0 Å². The van der Waals surface area contributed by atoms with E-state index in [9.17, 15) is 9.59 Å². The second-order valence-corrected chi connectivity index (χ2v) is 7.86. The molecule has 4 rings (SSSR count). The van der Waals surface area contributed by atoms with Crippen LogP contribution in [-0.4, -0.2) is 81.7 Å². The molecule has 9 nitrogen and oxygen atoms in total. The van der Waals surface area contributed by atoms with Gasteiger partial charge in [-0.2, -0.15) is 10.1 Å². The second-order valence-electron chi connectivity index (χ2n) is 7.86. The van der Waals surface area contributed by atoms with Gasteiger partial charge in [-0.15, -0.1) is 0 Å². The number of aromatic nitrogens is 2. The van der Waals surface area contributed by atoms with Crippen LogP contribution in [0, 0.1) is 0 Å². The summed E-state index contributed by atoms with van der Waals surface area (Å²) in [5.41, 5.74) is 1.38. The van der Waals surface area contributed by atoms with Crippen molar-refractivity contribution >= 4 is 17.5 Å². The first-order chi connectivity index (χ1) is 15.1. The summed E-state index contributed by atoms with van der Waals surface area (Å²) in [6.07, 6.45) is 3.02. The predicted molar refractivity (Wildman–Crippen MR) is 115 cm³/mol. The van der Waals surface area contributed by atoms with Crippen LogP contribution in [0.3, 0.4) is 0 Å². The maximum atomic E-state index is 12.8. The lowest BCUT2D eigenvalue weighted by Gasteiger charge is -2.35. The van der Waals surface area contributed by atoms with E-state index in [0.717, 1.165) is 25.2 Å². The minimum Gasteiger partial charge on any atom is -0.339 e. The molecule has 9 heteroatoms. The molecule has 1 saturated heterocycles. The fourth-order valence-corrected chi connectivity index (χ4v) is 3.75. The summed E-state index contributed by atoms with van der Waals surface area (Å²) in [5, 5.41) is 9.64. The number of hydrogen-bond acceptors (Lipinski definition) is 7. The molecule has 0 spiro atoms. The molecule has 0 N–H and O–H groups in total. The molecule has 2 aliphatic rings. The van der Waals surface area contributed by atoms with Gasteiger partial charge in [0.1, 0.15) is 12.3 Å². The van der Waals surface area contributed by atoms with Crippen LogP contribution in [-0.2, 0) is 9.59 Å². The number of hydrazone groups is 1. The third-order valence-electron chi connectivity index (χ3n) is 5.65. The smallest absolute Gasteiger partial charge is 0.274 e. The summed E-state index contributed by atoms with van der Waals surface area (Å²) in [4.78, 5) is 33.7. The van der Waals surface area contributed by atoms with Crippen molar-refractivity contribution < 1.29 is 14.1 Å². The van der Waals surface area contributed by atoms with Gasteiger partial charge in [0.15, 0.2) is 0 Å². The lowest BCUT2D eigenvalue weighted by atomic mass is 10.1. The molecule has 164 valence electrons. The van der Waals surface area contributed by atoms with E-state index in [1.54, 1.807) is 0 Å². The summed E-state index contributed by atoms with van der Waals surface area (Å²) < 4.78 is 5.38. The second kappa shape index (κ2) is 9.82. The quantitative estimate of drug-likeness (QED) is 0.675. The van der Waals surface area contributed by atoms with E-state index in [-0.39, 0.29) is 30.7 Å². The van der Waals surface area contributed by atoms with E-state index in [0.29, 0.717) is 31.0 Å². The molecule has 3 heterocycles. The number of nitrogens with zero attached hydrogens (tertiary/aromatic N) is 6. The lowest BCUT2D eigenvalue weighted by molar-refractivity contribution is -0.141. The fourth-order valence-electron chi connectivity index (χ4n) is 3.75. The van der Waals surface area contributed by atoms with Crippen LogP contribution in [0.2, 0.25) is 0 Å². The van der Waals surface area contributed by atoms with Gasteiger partial charge in [-0.1, -0.05) is 48.8 Å². The molecular formula is C22H28N6O3. The first-order valence-electron chi connectivity index (χ1n) is 10.9. The van der Waals surface area contributed by atoms with Crippen molar-refractivity contribution in [2.75, 3.05) is 39.3 Å². The van der Waals surface area contributed by atoms with Crippen molar-refractivity contribution in [2.24, 2.45) is 5.10 Å². The Morgan fingerprint density at radius 1 is 1.10 bits per heavy atom. The van der Waals surface area contributed by atoms with Gasteiger partial charge in [-0.05, 0) is 13.0 Å². The summed E-state index contributed by atoms with van der Waals surface area (Å²) >= 11 is 0. The van der Waals surface area contributed by atoms with Gasteiger partial charge in [0.25, 0.3) is 5.89 Å². The minimum absolute atomic E-state index is 0.0586. The monoisotopic (exact) mass is 424 g/mol. The summed E-state index contributed by atoms with van der Waals surface area (Å²) in [6.45, 7) is 6.32. The zero-order chi connectivity index (χ0) is 21.6. The minimum atomic E-state index is -0.165. The highest BCUT2D eigenvalue weighted by Crippen LogP contribution is 2.19. The zero-order valence-corrected chi connectivity index (χ0v) is 17.9. The average Bonchev–Trinajstić information content (AvgIpc) is 3.30. The maximum Gasteiger partial charge on any atom is 0.274 e. The number of unbranched alkanes of at least 4 members (excludes halogenated alkanes) is 1. The highest BCUT2D eigenvalue weighted by atomic mass is 16.5. The first kappa shape index (κ1) is 21.2. The summed E-state index contributed by atoms with van der Waals surface area (Å²) in [6, 6.07) is 9.52. The van der Waals surface area contributed by atoms with Crippen LogP contribution < -0.4 is 0 Å². The Hall–Kier alpha value is -3.07. The van der Waals surface area contributed by atoms with Crippen molar-refractivity contribution in [2.45, 2.75) is 32.6 Å². The van der Waals surface area contributed by atoms with Crippen molar-refractivity contribution in [3.63, 3.8) is 0 Å². The third kappa shape index (κ3) is 5.16. The Kier molecular flexibility index (Phi) is 6.71. The van der Waals surface area contributed by atoms with Crippen LogP contribution in [0.1, 0.15) is 38.5 Å². The van der Waals surface area contributed by atoms with Crippen LogP contribution in [0.4, 0.5) is 0 Å². The Balaban J connectivity index is 1.39. The van der Waals surface area contributed by atoms with Crippen molar-refractivity contribution in [3.05, 3.63) is 36.2 Å². The van der Waals surface area contributed by atoms with E-state index in [1.165, 1.54) is 17.9 Å². The molecule has 1 aromatic carbocycles. The van der Waals surface area contributed by atoms with E-state index < -0.39 is 0 Å². The van der Waals surface area contributed by atoms with Gasteiger partial charge in [-0.3, -0.25) is 14.5 Å². The van der Waals surface area contributed by atoms with E-state index >= 15 is 0 Å². The molecule has 0 aliphatic carbocycles. The lowest BCUT2D eigenvalue weighted by Crippen LogP contribution is -2.51. The molecule has 2 amide bonds. The highest BCUT2D eigenvalue weighted by molar-refractivity contribution is 6.01. The van der Waals surface area contributed by atoms with Crippen molar-refractivity contribution in [3.8, 4) is 11.4 Å². The Morgan fingerprint density at radius 2 is 1.87 bits per heavy atom. The number of hydrogen-bond donors (Lipinski definition) is 0. The summed E-state index contributed by atoms with van der Waals surface area (Å²) in [5.74, 6) is 0.512. The number of benzene rings is 1. The Labute approximate surface area is 181 Å². The standard InChI is InChI=1S/C22H28N6O3/c1-2-3-11-26-12-14-27(15-13-26)20(30)16-28-19(29)10-9-18(24-28)22-23-21(25-31-22)17-7-5-4-6-8-17/h4-8H,2-3,9-16H2,1H3. The van der Waals surface area contributed by atoms with Crippen LogP contribution in [0.25, 0.3) is 11.4 Å². The topological polar surface area (TPSA) is 95.1 Å². The molecule has 1 aromatic heterocycles. The normalized spacial score (nSPS) is 17.7. The predicted octanol–water partition coefficient (Wildman–Crippen LogP) is 2.01. The van der Waals surface area contributed by atoms with Gasteiger partial charge in [0.2, 0.25) is 17.6 Å². The number of carbonyl (C=O) groups is 2. The van der Waals surface area contributed by atoms with Crippen molar-refractivity contribution in [1.82, 2.24) is 24.9 Å². The first-order valence-corrected chi connectivity index (χ1v) is 10.9. The molecular weight excluding hydrogens is 396 g/mol.